The minimum Gasteiger partial charge on any atom is -0.368 e. The highest BCUT2D eigenvalue weighted by Gasteiger charge is 2.24. The maximum atomic E-state index is 11.9. The second-order valence-corrected chi connectivity index (χ2v) is 5.66. The van der Waals surface area contributed by atoms with Crippen LogP contribution >= 0.6 is 15.9 Å². The van der Waals surface area contributed by atoms with Gasteiger partial charge in [-0.05, 0) is 43.9 Å². The molecule has 1 aliphatic heterocycles. The molecule has 1 fully saturated rings. The Labute approximate surface area is 116 Å². The first-order valence-corrected chi connectivity index (χ1v) is 7.11. The molecule has 1 aromatic rings. The Bertz CT molecular complexity index is 399. The lowest BCUT2D eigenvalue weighted by atomic mass is 10.1. The van der Waals surface area contributed by atoms with E-state index < -0.39 is 0 Å². The third-order valence-corrected chi connectivity index (χ3v) is 3.59. The topological polar surface area (TPSA) is 38.3 Å². The molecule has 0 radical (unpaired) electrons. The predicted molar refractivity (Wildman–Crippen MR) is 74.4 cm³/mol. The molecule has 0 aromatic heterocycles. The van der Waals surface area contributed by atoms with Gasteiger partial charge in [0, 0.05) is 17.1 Å². The fourth-order valence-corrected chi connectivity index (χ4v) is 2.41. The van der Waals surface area contributed by atoms with E-state index in [0.717, 1.165) is 23.7 Å². The summed E-state index contributed by atoms with van der Waals surface area (Å²) in [5.41, 5.74) is 1.22. The zero-order valence-electron chi connectivity index (χ0n) is 10.5. The number of hydrogen-bond acceptors (Lipinski definition) is 2. The number of benzene rings is 1. The lowest BCUT2D eigenvalue weighted by Crippen LogP contribution is -2.40. The Morgan fingerprint density at radius 3 is 2.83 bits per heavy atom. The SMILES string of the molecule is C[C@H](Cc1ccc(Br)cc1)NC(=O)[C@@H]1CCCO1. The first-order chi connectivity index (χ1) is 8.65. The van der Waals surface area contributed by atoms with E-state index in [2.05, 4.69) is 33.4 Å². The van der Waals surface area contributed by atoms with Gasteiger partial charge >= 0.3 is 0 Å². The van der Waals surface area contributed by atoms with E-state index in [4.69, 9.17) is 4.74 Å². The Hall–Kier alpha value is -0.870. The van der Waals surface area contributed by atoms with Gasteiger partial charge in [-0.25, -0.2) is 0 Å². The van der Waals surface area contributed by atoms with Gasteiger partial charge in [-0.2, -0.15) is 0 Å². The molecule has 2 rings (SSSR count). The number of hydrogen-bond donors (Lipinski definition) is 1. The molecule has 18 heavy (non-hydrogen) atoms. The highest BCUT2D eigenvalue weighted by molar-refractivity contribution is 9.10. The van der Waals surface area contributed by atoms with Crippen LogP contribution in [0.3, 0.4) is 0 Å². The van der Waals surface area contributed by atoms with Crippen molar-refractivity contribution in [3.05, 3.63) is 34.3 Å². The van der Waals surface area contributed by atoms with E-state index in [9.17, 15) is 4.79 Å². The molecule has 98 valence electrons. The lowest BCUT2D eigenvalue weighted by molar-refractivity contribution is -0.130. The van der Waals surface area contributed by atoms with Crippen molar-refractivity contribution in [2.24, 2.45) is 0 Å². The van der Waals surface area contributed by atoms with E-state index in [1.807, 2.05) is 19.1 Å². The molecule has 3 nitrogen and oxygen atoms in total. The van der Waals surface area contributed by atoms with E-state index in [1.54, 1.807) is 0 Å². The number of ether oxygens (including phenoxy) is 1. The van der Waals surface area contributed by atoms with Crippen LogP contribution in [0, 0.1) is 0 Å². The van der Waals surface area contributed by atoms with Gasteiger partial charge in [0.2, 0.25) is 5.91 Å². The number of carbonyl (C=O) groups excluding carboxylic acids is 1. The molecule has 1 amide bonds. The molecule has 4 heteroatoms. The molecule has 0 spiro atoms. The van der Waals surface area contributed by atoms with Crippen molar-refractivity contribution >= 4 is 21.8 Å². The van der Waals surface area contributed by atoms with Crippen LogP contribution < -0.4 is 5.32 Å². The van der Waals surface area contributed by atoms with Gasteiger partial charge in [-0.15, -0.1) is 0 Å². The van der Waals surface area contributed by atoms with Crippen molar-refractivity contribution in [1.29, 1.82) is 0 Å². The van der Waals surface area contributed by atoms with Crippen LogP contribution in [0.5, 0.6) is 0 Å². The molecule has 0 unspecified atom stereocenters. The van der Waals surface area contributed by atoms with Crippen LogP contribution in [0.1, 0.15) is 25.3 Å². The van der Waals surface area contributed by atoms with E-state index in [1.165, 1.54) is 5.56 Å². The molecular formula is C14H18BrNO2. The van der Waals surface area contributed by atoms with Gasteiger partial charge in [0.15, 0.2) is 0 Å². The quantitative estimate of drug-likeness (QED) is 0.928. The molecule has 1 N–H and O–H groups in total. The monoisotopic (exact) mass is 311 g/mol. The van der Waals surface area contributed by atoms with Gasteiger partial charge in [0.1, 0.15) is 6.10 Å². The number of halogens is 1. The second-order valence-electron chi connectivity index (χ2n) is 4.74. The lowest BCUT2D eigenvalue weighted by Gasteiger charge is -2.16. The second kappa shape index (κ2) is 6.34. The molecule has 0 bridgehead atoms. The zero-order chi connectivity index (χ0) is 13.0. The van der Waals surface area contributed by atoms with Crippen molar-refractivity contribution in [2.45, 2.75) is 38.3 Å². The van der Waals surface area contributed by atoms with Gasteiger partial charge < -0.3 is 10.1 Å². The van der Waals surface area contributed by atoms with Crippen molar-refractivity contribution in [2.75, 3.05) is 6.61 Å². The van der Waals surface area contributed by atoms with Crippen LogP contribution in [0.2, 0.25) is 0 Å². The van der Waals surface area contributed by atoms with Crippen LogP contribution in [0.25, 0.3) is 0 Å². The summed E-state index contributed by atoms with van der Waals surface area (Å²) in [7, 11) is 0. The molecule has 0 saturated carbocycles. The maximum Gasteiger partial charge on any atom is 0.249 e. The Balaban J connectivity index is 1.82. The molecule has 1 aliphatic rings. The first-order valence-electron chi connectivity index (χ1n) is 6.31. The third-order valence-electron chi connectivity index (χ3n) is 3.07. The number of nitrogens with one attached hydrogen (secondary N) is 1. The third kappa shape index (κ3) is 3.82. The largest absolute Gasteiger partial charge is 0.368 e. The predicted octanol–water partition coefficient (Wildman–Crippen LogP) is 2.68. The molecule has 1 heterocycles. The van der Waals surface area contributed by atoms with Crippen LogP contribution in [-0.2, 0) is 16.0 Å². The van der Waals surface area contributed by atoms with Crippen molar-refractivity contribution in [1.82, 2.24) is 5.32 Å². The van der Waals surface area contributed by atoms with Gasteiger partial charge in [0.25, 0.3) is 0 Å². The first kappa shape index (κ1) is 13.6. The summed E-state index contributed by atoms with van der Waals surface area (Å²) in [6, 6.07) is 8.30. The summed E-state index contributed by atoms with van der Waals surface area (Å²) in [5, 5.41) is 3.01. The summed E-state index contributed by atoms with van der Waals surface area (Å²) in [6.45, 7) is 2.73. The summed E-state index contributed by atoms with van der Waals surface area (Å²) >= 11 is 3.41. The Morgan fingerprint density at radius 1 is 1.50 bits per heavy atom. The molecule has 2 atom stereocenters. The molecule has 0 aliphatic carbocycles. The normalized spacial score (nSPS) is 20.7. The van der Waals surface area contributed by atoms with Crippen molar-refractivity contribution in [3.63, 3.8) is 0 Å². The Kier molecular flexibility index (Phi) is 4.78. The average Bonchev–Trinajstić information content (AvgIpc) is 2.85. The van der Waals surface area contributed by atoms with Crippen LogP contribution in [0.4, 0.5) is 0 Å². The number of amides is 1. The maximum absolute atomic E-state index is 11.9. The average molecular weight is 312 g/mol. The highest BCUT2D eigenvalue weighted by atomic mass is 79.9. The van der Waals surface area contributed by atoms with Crippen molar-refractivity contribution in [3.8, 4) is 0 Å². The van der Waals surface area contributed by atoms with Gasteiger partial charge in [-0.1, -0.05) is 28.1 Å². The zero-order valence-corrected chi connectivity index (χ0v) is 12.1. The van der Waals surface area contributed by atoms with E-state index in [-0.39, 0.29) is 18.1 Å². The summed E-state index contributed by atoms with van der Waals surface area (Å²) < 4.78 is 6.43. The van der Waals surface area contributed by atoms with E-state index in [0.29, 0.717) is 6.61 Å². The Morgan fingerprint density at radius 2 is 2.22 bits per heavy atom. The molecular weight excluding hydrogens is 294 g/mol. The minimum atomic E-state index is -0.239. The summed E-state index contributed by atoms with van der Waals surface area (Å²) in [5.74, 6) is 0.0251. The minimum absolute atomic E-state index is 0.0251. The van der Waals surface area contributed by atoms with Gasteiger partial charge in [-0.3, -0.25) is 4.79 Å². The molecule has 1 aromatic carbocycles. The van der Waals surface area contributed by atoms with Crippen LogP contribution in [-0.4, -0.2) is 24.7 Å². The number of rotatable bonds is 4. The highest BCUT2D eigenvalue weighted by Crippen LogP contribution is 2.14. The van der Waals surface area contributed by atoms with Gasteiger partial charge in [0.05, 0.1) is 0 Å². The standard InChI is InChI=1S/C14H18BrNO2/c1-10(9-11-4-6-12(15)7-5-11)16-14(17)13-3-2-8-18-13/h4-7,10,13H,2-3,8-9H2,1H3,(H,16,17)/t10-,13+/m1/s1. The summed E-state index contributed by atoms with van der Waals surface area (Å²) in [6.07, 6.45) is 2.43. The fourth-order valence-electron chi connectivity index (χ4n) is 2.15. The molecule has 1 saturated heterocycles. The smallest absolute Gasteiger partial charge is 0.249 e. The van der Waals surface area contributed by atoms with E-state index >= 15 is 0 Å². The fraction of sp³-hybridized carbons (Fsp3) is 0.500. The number of carbonyl (C=O) groups is 1. The van der Waals surface area contributed by atoms with Crippen LogP contribution in [0.15, 0.2) is 28.7 Å². The summed E-state index contributed by atoms with van der Waals surface area (Å²) in [4.78, 5) is 11.9. The van der Waals surface area contributed by atoms with Crippen molar-refractivity contribution < 1.29 is 9.53 Å².